The fraction of sp³-hybridized carbons (Fsp3) is 0.286. The monoisotopic (exact) mass is 394 g/mol. The van der Waals surface area contributed by atoms with E-state index in [0.29, 0.717) is 17.4 Å². The summed E-state index contributed by atoms with van der Waals surface area (Å²) in [6.07, 6.45) is 5.51. The van der Waals surface area contributed by atoms with Gasteiger partial charge in [-0.3, -0.25) is 10.5 Å². The second-order valence-electron chi connectivity index (χ2n) is 6.88. The first-order valence-corrected chi connectivity index (χ1v) is 10.4. The van der Waals surface area contributed by atoms with Crippen molar-refractivity contribution in [1.29, 1.82) is 0 Å². The van der Waals surface area contributed by atoms with Crippen LogP contribution in [0.4, 0.5) is 11.6 Å². The molecule has 4 rings (SSSR count). The fourth-order valence-electron chi connectivity index (χ4n) is 3.51. The molecule has 0 atom stereocenters. The van der Waals surface area contributed by atoms with Crippen molar-refractivity contribution in [3.63, 3.8) is 0 Å². The van der Waals surface area contributed by atoms with Crippen molar-refractivity contribution < 1.29 is 9.78 Å². The number of nitrogens with zero attached hydrogens (tertiary/aromatic N) is 2. The van der Waals surface area contributed by atoms with E-state index >= 15 is 0 Å². The Balaban J connectivity index is 1.44. The molecule has 1 fully saturated rings. The van der Waals surface area contributed by atoms with Crippen LogP contribution in [-0.4, -0.2) is 24.0 Å². The fourth-order valence-corrected chi connectivity index (χ4v) is 4.40. The Bertz CT molecular complexity index is 965. The Morgan fingerprint density at radius 3 is 2.79 bits per heavy atom. The van der Waals surface area contributed by atoms with Gasteiger partial charge in [0.2, 0.25) is 0 Å². The van der Waals surface area contributed by atoms with E-state index in [1.165, 1.54) is 36.3 Å². The average molecular weight is 395 g/mol. The van der Waals surface area contributed by atoms with Gasteiger partial charge in [-0.15, -0.1) is 11.3 Å². The Morgan fingerprint density at radius 2 is 1.96 bits per heavy atom. The number of aromatic amines is 1. The van der Waals surface area contributed by atoms with Crippen molar-refractivity contribution in [3.8, 4) is 10.6 Å². The number of nitrogen functional groups attached to an aromatic ring is 1. The Labute approximate surface area is 168 Å². The number of H-pyrrole nitrogens is 1. The molecule has 7 heteroatoms. The molecule has 144 valence electrons. The first-order chi connectivity index (χ1) is 13.7. The molecule has 0 bridgehead atoms. The summed E-state index contributed by atoms with van der Waals surface area (Å²) in [7, 11) is 0. The zero-order valence-electron chi connectivity index (χ0n) is 15.6. The smallest absolute Gasteiger partial charge is 0.371 e. The summed E-state index contributed by atoms with van der Waals surface area (Å²) in [5.74, 6) is 0.284. The number of hydrogen-bond donors (Lipinski definition) is 2. The van der Waals surface area contributed by atoms with E-state index < -0.39 is 0 Å². The Hall–Kier alpha value is -2.93. The van der Waals surface area contributed by atoms with E-state index in [0.717, 1.165) is 29.2 Å². The maximum absolute atomic E-state index is 12.7. The molecular weight excluding hydrogens is 370 g/mol. The van der Waals surface area contributed by atoms with Crippen molar-refractivity contribution in [1.82, 2.24) is 10.3 Å². The molecule has 28 heavy (non-hydrogen) atoms. The van der Waals surface area contributed by atoms with E-state index in [2.05, 4.69) is 38.4 Å². The van der Waals surface area contributed by atoms with Crippen LogP contribution in [0.3, 0.4) is 0 Å². The summed E-state index contributed by atoms with van der Waals surface area (Å²) in [4.78, 5) is 23.8. The maximum Gasteiger partial charge on any atom is 0.387 e. The number of benzene rings is 1. The first-order valence-electron chi connectivity index (χ1n) is 9.56. The van der Waals surface area contributed by atoms with Crippen molar-refractivity contribution in [2.75, 3.05) is 23.7 Å². The number of carbonyl (C=O) groups excluding carboxylic acids is 1. The van der Waals surface area contributed by atoms with Crippen LogP contribution in [0, 0.1) is 0 Å². The minimum absolute atomic E-state index is 0.0693. The number of hydrogen-bond acceptors (Lipinski definition) is 5. The van der Waals surface area contributed by atoms with Gasteiger partial charge in [0.25, 0.3) is 5.91 Å². The predicted octanol–water partition coefficient (Wildman–Crippen LogP) is 3.13. The van der Waals surface area contributed by atoms with Crippen LogP contribution in [-0.2, 0) is 6.54 Å². The van der Waals surface area contributed by atoms with E-state index in [-0.39, 0.29) is 5.91 Å². The highest BCUT2D eigenvalue weighted by Crippen LogP contribution is 2.27. The molecule has 1 saturated heterocycles. The zero-order chi connectivity index (χ0) is 19.3. The lowest BCUT2D eigenvalue weighted by Crippen LogP contribution is -2.31. The molecule has 1 aliphatic heterocycles. The van der Waals surface area contributed by atoms with Crippen LogP contribution in [0.25, 0.3) is 10.6 Å². The van der Waals surface area contributed by atoms with Gasteiger partial charge in [-0.1, -0.05) is 23.2 Å². The molecule has 0 aliphatic carbocycles. The molecule has 4 N–H and O–H groups in total. The average Bonchev–Trinajstić information content (AvgIpc) is 3.23. The first kappa shape index (κ1) is 18.4. The van der Waals surface area contributed by atoms with Crippen LogP contribution in [0.5, 0.6) is 0 Å². The van der Waals surface area contributed by atoms with Gasteiger partial charge >= 0.3 is 5.95 Å². The number of rotatable bonds is 5. The summed E-state index contributed by atoms with van der Waals surface area (Å²) in [5, 5.41) is 3.06. The van der Waals surface area contributed by atoms with Gasteiger partial charge in [0.05, 0.1) is 16.0 Å². The predicted molar refractivity (Wildman–Crippen MR) is 112 cm³/mol. The molecular formula is C21H24N5OS+. The molecule has 0 radical (unpaired) electrons. The normalized spacial score (nSPS) is 14.1. The van der Waals surface area contributed by atoms with E-state index in [9.17, 15) is 4.79 Å². The second kappa shape index (κ2) is 8.39. The van der Waals surface area contributed by atoms with Gasteiger partial charge < -0.3 is 10.2 Å². The largest absolute Gasteiger partial charge is 0.387 e. The summed E-state index contributed by atoms with van der Waals surface area (Å²) in [6, 6.07) is 13.9. The molecule has 0 spiro atoms. The van der Waals surface area contributed by atoms with Crippen molar-refractivity contribution in [2.45, 2.75) is 25.8 Å². The lowest BCUT2D eigenvalue weighted by atomic mass is 10.1. The minimum Gasteiger partial charge on any atom is -0.371 e. The number of carbonyl (C=O) groups is 1. The van der Waals surface area contributed by atoms with Gasteiger partial charge in [0.1, 0.15) is 0 Å². The molecule has 1 amide bonds. The number of aromatic nitrogens is 2. The van der Waals surface area contributed by atoms with E-state index in [1.54, 1.807) is 6.20 Å². The lowest BCUT2D eigenvalue weighted by Gasteiger charge is -2.30. The van der Waals surface area contributed by atoms with Crippen LogP contribution < -0.4 is 20.9 Å². The Morgan fingerprint density at radius 1 is 1.14 bits per heavy atom. The highest BCUT2D eigenvalue weighted by atomic mass is 32.1. The number of thiophene rings is 1. The van der Waals surface area contributed by atoms with Crippen LogP contribution in [0.15, 0.2) is 48.7 Å². The van der Waals surface area contributed by atoms with Crippen molar-refractivity contribution >= 4 is 28.9 Å². The van der Waals surface area contributed by atoms with Gasteiger partial charge in [-0.05, 0) is 43.0 Å². The molecule has 2 aromatic heterocycles. The van der Waals surface area contributed by atoms with Crippen LogP contribution >= 0.6 is 11.3 Å². The SMILES string of the molecule is Nc1nc(-c2ccc(C(=O)NCc3ccccc3N3CCCCC3)s2)cc[nH+]1. The summed E-state index contributed by atoms with van der Waals surface area (Å²) in [6.45, 7) is 2.69. The molecule has 6 nitrogen and oxygen atoms in total. The van der Waals surface area contributed by atoms with E-state index in [4.69, 9.17) is 5.73 Å². The molecule has 3 aromatic rings. The number of para-hydroxylation sites is 1. The number of nitrogens with one attached hydrogen (secondary N) is 2. The molecule has 1 aromatic carbocycles. The lowest BCUT2D eigenvalue weighted by molar-refractivity contribution is -0.364. The van der Waals surface area contributed by atoms with Crippen LogP contribution in [0.2, 0.25) is 0 Å². The number of nitrogens with two attached hydrogens (primary N) is 1. The second-order valence-corrected chi connectivity index (χ2v) is 7.97. The highest BCUT2D eigenvalue weighted by Gasteiger charge is 2.16. The third kappa shape index (κ3) is 4.14. The minimum atomic E-state index is -0.0693. The number of piperidine rings is 1. The summed E-state index contributed by atoms with van der Waals surface area (Å²) < 4.78 is 0. The number of anilines is 2. The third-order valence-corrected chi connectivity index (χ3v) is 6.03. The maximum atomic E-state index is 12.7. The summed E-state index contributed by atoms with van der Waals surface area (Å²) in [5.41, 5.74) is 8.85. The zero-order valence-corrected chi connectivity index (χ0v) is 16.5. The van der Waals surface area contributed by atoms with Crippen molar-refractivity contribution in [2.24, 2.45) is 0 Å². The topological polar surface area (TPSA) is 85.4 Å². The van der Waals surface area contributed by atoms with Gasteiger partial charge in [-0.2, -0.15) is 0 Å². The van der Waals surface area contributed by atoms with E-state index in [1.807, 2.05) is 24.3 Å². The summed E-state index contributed by atoms with van der Waals surface area (Å²) >= 11 is 1.42. The standard InChI is InChI=1S/C21H23N5OS/c22-21-23-11-10-16(25-21)18-8-9-19(28-18)20(27)24-14-15-6-2-3-7-17(15)26-12-4-1-5-13-26/h2-3,6-11H,1,4-5,12-14H2,(H,24,27)(H2,22,23,25)/p+1. The van der Waals surface area contributed by atoms with Gasteiger partial charge in [0.15, 0.2) is 5.69 Å². The molecule has 1 aliphatic rings. The van der Waals surface area contributed by atoms with Gasteiger partial charge in [0, 0.05) is 31.4 Å². The van der Waals surface area contributed by atoms with Gasteiger partial charge in [-0.25, -0.2) is 4.98 Å². The highest BCUT2D eigenvalue weighted by molar-refractivity contribution is 7.17. The van der Waals surface area contributed by atoms with Crippen molar-refractivity contribution in [3.05, 3.63) is 59.1 Å². The molecule has 0 saturated carbocycles. The molecule has 0 unspecified atom stereocenters. The third-order valence-electron chi connectivity index (χ3n) is 4.92. The quantitative estimate of drug-likeness (QED) is 0.696. The Kier molecular flexibility index (Phi) is 5.53. The number of amides is 1. The van der Waals surface area contributed by atoms with Crippen LogP contribution in [0.1, 0.15) is 34.5 Å². The molecule has 3 heterocycles.